The Balaban J connectivity index is 1.51. The summed E-state index contributed by atoms with van der Waals surface area (Å²) in [6, 6.07) is 15.5. The zero-order valence-electron chi connectivity index (χ0n) is 18.9. The number of amides is 3. The summed E-state index contributed by atoms with van der Waals surface area (Å²) in [5, 5.41) is 2.67. The lowest BCUT2D eigenvalue weighted by Crippen LogP contribution is -2.31. The van der Waals surface area contributed by atoms with E-state index in [2.05, 4.69) is 9.88 Å². The number of carbonyl (C=O) groups is 2. The third-order valence-electron chi connectivity index (χ3n) is 5.59. The minimum Gasteiger partial charge on any atom is -0.489 e. The molecule has 1 aliphatic heterocycles. The van der Waals surface area contributed by atoms with E-state index in [4.69, 9.17) is 4.74 Å². The minimum atomic E-state index is -0.377. The van der Waals surface area contributed by atoms with Gasteiger partial charge in [-0.3, -0.25) is 9.69 Å². The summed E-state index contributed by atoms with van der Waals surface area (Å²) in [4.78, 5) is 25.8. The molecule has 0 spiro atoms. The molecule has 1 aliphatic rings. The zero-order chi connectivity index (χ0) is 23.5. The lowest BCUT2D eigenvalue weighted by molar-refractivity contribution is -0.122. The number of benzene rings is 2. The van der Waals surface area contributed by atoms with Crippen molar-refractivity contribution in [2.45, 2.75) is 33.8 Å². The van der Waals surface area contributed by atoms with E-state index in [0.717, 1.165) is 28.2 Å². The number of nitrogens with one attached hydrogen (secondary N) is 1. The summed E-state index contributed by atoms with van der Waals surface area (Å²) < 4.78 is 20.9. The molecule has 2 aromatic carbocycles. The van der Waals surface area contributed by atoms with Crippen molar-refractivity contribution in [2.24, 2.45) is 0 Å². The Morgan fingerprint density at radius 3 is 2.39 bits per heavy atom. The maximum atomic E-state index is 13.0. The highest BCUT2D eigenvalue weighted by Gasteiger charge is 2.32. The molecule has 2 heterocycles. The summed E-state index contributed by atoms with van der Waals surface area (Å²) >= 11 is 0. The Kier molecular flexibility index (Phi) is 6.31. The van der Waals surface area contributed by atoms with Gasteiger partial charge in [0.1, 0.15) is 23.9 Å². The second-order valence-corrected chi connectivity index (χ2v) is 8.02. The molecule has 1 fully saturated rings. The molecule has 1 N–H and O–H groups in total. The number of rotatable bonds is 7. The average Bonchev–Trinajstić information content (AvgIpc) is 3.23. The normalized spacial score (nSPS) is 14.8. The van der Waals surface area contributed by atoms with Gasteiger partial charge in [0, 0.05) is 23.6 Å². The molecule has 1 saturated heterocycles. The predicted molar refractivity (Wildman–Crippen MR) is 124 cm³/mol. The van der Waals surface area contributed by atoms with Crippen molar-refractivity contribution in [2.75, 3.05) is 6.54 Å². The van der Waals surface area contributed by atoms with E-state index in [9.17, 15) is 14.0 Å². The second-order valence-electron chi connectivity index (χ2n) is 8.02. The van der Waals surface area contributed by atoms with Crippen LogP contribution >= 0.6 is 0 Å². The van der Waals surface area contributed by atoms with Crippen LogP contribution in [0.2, 0.25) is 0 Å². The number of imide groups is 1. The minimum absolute atomic E-state index is 0.270. The van der Waals surface area contributed by atoms with Gasteiger partial charge < -0.3 is 14.6 Å². The molecular formula is C26H26FN3O3. The molecule has 3 aromatic rings. The fourth-order valence-electron chi connectivity index (χ4n) is 3.92. The second kappa shape index (κ2) is 9.32. The quantitative estimate of drug-likeness (QED) is 0.404. The first-order valence-corrected chi connectivity index (χ1v) is 10.9. The number of aromatic nitrogens is 1. The van der Waals surface area contributed by atoms with Gasteiger partial charge in [0.15, 0.2) is 0 Å². The number of ether oxygens (including phenoxy) is 1. The maximum absolute atomic E-state index is 13.0. The van der Waals surface area contributed by atoms with Gasteiger partial charge in [-0.05, 0) is 79.9 Å². The maximum Gasteiger partial charge on any atom is 0.329 e. The number of carbonyl (C=O) groups excluding carboxylic acids is 2. The van der Waals surface area contributed by atoms with Crippen molar-refractivity contribution in [3.8, 4) is 11.4 Å². The van der Waals surface area contributed by atoms with E-state index >= 15 is 0 Å². The zero-order valence-corrected chi connectivity index (χ0v) is 18.9. The molecule has 0 aliphatic carbocycles. The van der Waals surface area contributed by atoms with E-state index in [1.807, 2.05) is 51.1 Å². The SMILES string of the molecule is CCCN1C(=O)N/C(=C/c2cc(C)n(-c3ccc(OCc4ccc(F)cc4)cc3)c2C)C1=O. The molecule has 33 heavy (non-hydrogen) atoms. The summed E-state index contributed by atoms with van der Waals surface area (Å²) in [6.45, 7) is 6.65. The first-order valence-electron chi connectivity index (χ1n) is 10.9. The number of halogens is 1. The van der Waals surface area contributed by atoms with Crippen LogP contribution in [0, 0.1) is 19.7 Å². The molecule has 0 unspecified atom stereocenters. The molecule has 4 rings (SSSR count). The van der Waals surface area contributed by atoms with Gasteiger partial charge in [0.2, 0.25) is 0 Å². The van der Waals surface area contributed by atoms with Gasteiger partial charge in [0.25, 0.3) is 5.91 Å². The van der Waals surface area contributed by atoms with E-state index in [-0.39, 0.29) is 17.8 Å². The van der Waals surface area contributed by atoms with Crippen LogP contribution in [0.4, 0.5) is 9.18 Å². The average molecular weight is 448 g/mol. The van der Waals surface area contributed by atoms with Gasteiger partial charge in [-0.15, -0.1) is 0 Å². The fourth-order valence-corrected chi connectivity index (χ4v) is 3.92. The molecule has 6 nitrogen and oxygen atoms in total. The highest BCUT2D eigenvalue weighted by molar-refractivity contribution is 6.14. The number of urea groups is 1. The van der Waals surface area contributed by atoms with Crippen LogP contribution in [0.25, 0.3) is 11.8 Å². The van der Waals surface area contributed by atoms with Gasteiger partial charge in [0.05, 0.1) is 0 Å². The van der Waals surface area contributed by atoms with Crippen molar-refractivity contribution >= 4 is 18.0 Å². The van der Waals surface area contributed by atoms with Crippen molar-refractivity contribution in [3.05, 3.63) is 88.6 Å². The van der Waals surface area contributed by atoms with Crippen LogP contribution in [-0.2, 0) is 11.4 Å². The molecule has 1 aromatic heterocycles. The third kappa shape index (κ3) is 4.67. The van der Waals surface area contributed by atoms with Gasteiger partial charge in [-0.2, -0.15) is 0 Å². The fraction of sp³-hybridized carbons (Fsp3) is 0.231. The van der Waals surface area contributed by atoms with Gasteiger partial charge in [-0.1, -0.05) is 19.1 Å². The topological polar surface area (TPSA) is 63.6 Å². The van der Waals surface area contributed by atoms with Crippen LogP contribution in [0.5, 0.6) is 5.75 Å². The lowest BCUT2D eigenvalue weighted by Gasteiger charge is -2.12. The highest BCUT2D eigenvalue weighted by atomic mass is 19.1. The van der Waals surface area contributed by atoms with Gasteiger partial charge in [-0.25, -0.2) is 9.18 Å². The first-order chi connectivity index (χ1) is 15.9. The standard InChI is InChI=1S/C26H26FN3O3/c1-4-13-29-25(31)24(28-26(29)32)15-20-14-17(2)30(18(20)3)22-9-11-23(12-10-22)33-16-19-5-7-21(27)8-6-19/h5-12,14-15H,4,13,16H2,1-3H3,(H,28,32)/b24-15+. The molecular weight excluding hydrogens is 421 g/mol. The molecule has 0 radical (unpaired) electrons. The predicted octanol–water partition coefficient (Wildman–Crippen LogP) is 5.11. The van der Waals surface area contributed by atoms with E-state index in [0.29, 0.717) is 31.0 Å². The van der Waals surface area contributed by atoms with Crippen molar-refractivity contribution in [3.63, 3.8) is 0 Å². The Labute approximate surface area is 192 Å². The van der Waals surface area contributed by atoms with Crippen LogP contribution < -0.4 is 10.1 Å². The molecule has 7 heteroatoms. The van der Waals surface area contributed by atoms with Crippen molar-refractivity contribution in [1.82, 2.24) is 14.8 Å². The van der Waals surface area contributed by atoms with Crippen LogP contribution in [0.3, 0.4) is 0 Å². The summed E-state index contributed by atoms with van der Waals surface area (Å²) in [7, 11) is 0. The van der Waals surface area contributed by atoms with Crippen molar-refractivity contribution in [1.29, 1.82) is 0 Å². The van der Waals surface area contributed by atoms with Crippen LogP contribution in [0.1, 0.15) is 35.9 Å². The van der Waals surface area contributed by atoms with Crippen LogP contribution in [0.15, 0.2) is 60.3 Å². The number of hydrogen-bond acceptors (Lipinski definition) is 3. The summed E-state index contributed by atoms with van der Waals surface area (Å²) in [5.41, 5.74) is 4.96. The van der Waals surface area contributed by atoms with Crippen LogP contribution in [-0.4, -0.2) is 28.0 Å². The molecule has 0 saturated carbocycles. The molecule has 170 valence electrons. The Morgan fingerprint density at radius 1 is 1.03 bits per heavy atom. The highest BCUT2D eigenvalue weighted by Crippen LogP contribution is 2.25. The lowest BCUT2D eigenvalue weighted by atomic mass is 10.2. The van der Waals surface area contributed by atoms with E-state index in [1.165, 1.54) is 17.0 Å². The third-order valence-corrected chi connectivity index (χ3v) is 5.59. The van der Waals surface area contributed by atoms with E-state index < -0.39 is 0 Å². The summed E-state index contributed by atoms with van der Waals surface area (Å²) in [5.74, 6) is 0.144. The number of nitrogens with zero attached hydrogens (tertiary/aromatic N) is 2. The van der Waals surface area contributed by atoms with Gasteiger partial charge >= 0.3 is 6.03 Å². The Bertz CT molecular complexity index is 1210. The summed E-state index contributed by atoms with van der Waals surface area (Å²) in [6.07, 6.45) is 2.44. The molecule has 0 atom stereocenters. The number of aryl methyl sites for hydroxylation is 1. The number of hydrogen-bond donors (Lipinski definition) is 1. The Hall–Kier alpha value is -3.87. The monoisotopic (exact) mass is 447 g/mol. The van der Waals surface area contributed by atoms with Crippen molar-refractivity contribution < 1.29 is 18.7 Å². The smallest absolute Gasteiger partial charge is 0.329 e. The first kappa shape index (κ1) is 22.3. The molecule has 3 amide bonds. The molecule has 0 bridgehead atoms. The Morgan fingerprint density at radius 2 is 1.73 bits per heavy atom. The van der Waals surface area contributed by atoms with E-state index in [1.54, 1.807) is 18.2 Å². The largest absolute Gasteiger partial charge is 0.489 e.